The van der Waals surface area contributed by atoms with Crippen LogP contribution in [0.2, 0.25) is 0 Å². The molecular weight excluding hydrogens is 172 g/mol. The lowest BCUT2D eigenvalue weighted by atomic mass is 9.89. The van der Waals surface area contributed by atoms with Crippen LogP contribution in [0.3, 0.4) is 0 Å². The van der Waals surface area contributed by atoms with E-state index in [1.165, 1.54) is 51.7 Å². The molecule has 14 heavy (non-hydrogen) atoms. The summed E-state index contributed by atoms with van der Waals surface area (Å²) in [6.07, 6.45) is 7.11. The molecule has 1 aliphatic heterocycles. The standard InChI is InChI=1S/C12H24N2/c1-12(7-8-13-9-12)10-14(2)11-5-3-4-6-11/h11,13H,3-10H2,1-2H3. The average molecular weight is 196 g/mol. The van der Waals surface area contributed by atoms with Gasteiger partial charge < -0.3 is 10.2 Å². The van der Waals surface area contributed by atoms with Crippen LogP contribution in [0.1, 0.15) is 39.0 Å². The number of hydrogen-bond acceptors (Lipinski definition) is 2. The summed E-state index contributed by atoms with van der Waals surface area (Å²) in [6.45, 7) is 6.14. The second-order valence-corrected chi connectivity index (χ2v) is 5.59. The first-order valence-electron chi connectivity index (χ1n) is 6.11. The Kier molecular flexibility index (Phi) is 3.13. The van der Waals surface area contributed by atoms with E-state index in [0.29, 0.717) is 5.41 Å². The molecule has 1 N–H and O–H groups in total. The maximum atomic E-state index is 3.48. The molecule has 0 aromatic rings. The summed E-state index contributed by atoms with van der Waals surface area (Å²) in [6, 6.07) is 0.882. The van der Waals surface area contributed by atoms with Crippen LogP contribution in [0.5, 0.6) is 0 Å². The molecule has 0 aromatic carbocycles. The molecule has 0 aromatic heterocycles. The molecule has 1 saturated carbocycles. The van der Waals surface area contributed by atoms with Crippen LogP contribution in [0.4, 0.5) is 0 Å². The average Bonchev–Trinajstić information content (AvgIpc) is 2.74. The minimum Gasteiger partial charge on any atom is -0.316 e. The summed E-state index contributed by atoms with van der Waals surface area (Å²) in [4.78, 5) is 2.61. The second-order valence-electron chi connectivity index (χ2n) is 5.59. The fourth-order valence-electron chi connectivity index (χ4n) is 3.08. The van der Waals surface area contributed by atoms with Crippen LogP contribution in [0.25, 0.3) is 0 Å². The van der Waals surface area contributed by atoms with Crippen molar-refractivity contribution in [2.24, 2.45) is 5.41 Å². The van der Waals surface area contributed by atoms with Gasteiger partial charge in [-0.3, -0.25) is 0 Å². The topological polar surface area (TPSA) is 15.3 Å². The van der Waals surface area contributed by atoms with Crippen molar-refractivity contribution in [3.8, 4) is 0 Å². The molecule has 2 rings (SSSR count). The molecule has 1 saturated heterocycles. The molecule has 82 valence electrons. The lowest BCUT2D eigenvalue weighted by molar-refractivity contribution is 0.162. The summed E-state index contributed by atoms with van der Waals surface area (Å²) in [5.41, 5.74) is 0.539. The normalized spacial score (nSPS) is 34.5. The first-order chi connectivity index (χ1) is 6.70. The molecule has 1 aliphatic carbocycles. The van der Waals surface area contributed by atoms with E-state index in [2.05, 4.69) is 24.2 Å². The number of rotatable bonds is 3. The van der Waals surface area contributed by atoms with Gasteiger partial charge in [-0.1, -0.05) is 19.8 Å². The van der Waals surface area contributed by atoms with Crippen LogP contribution < -0.4 is 5.32 Å². The third kappa shape index (κ3) is 2.29. The first-order valence-corrected chi connectivity index (χ1v) is 6.11. The van der Waals surface area contributed by atoms with Gasteiger partial charge in [-0.2, -0.15) is 0 Å². The predicted octanol–water partition coefficient (Wildman–Crippen LogP) is 1.86. The zero-order valence-corrected chi connectivity index (χ0v) is 9.68. The highest BCUT2D eigenvalue weighted by Gasteiger charge is 2.32. The van der Waals surface area contributed by atoms with Crippen LogP contribution in [0, 0.1) is 5.41 Å². The smallest absolute Gasteiger partial charge is 0.00924 e. The van der Waals surface area contributed by atoms with E-state index in [-0.39, 0.29) is 0 Å². The Morgan fingerprint density at radius 3 is 2.64 bits per heavy atom. The van der Waals surface area contributed by atoms with Crippen LogP contribution in [-0.2, 0) is 0 Å². The van der Waals surface area contributed by atoms with Crippen LogP contribution >= 0.6 is 0 Å². The van der Waals surface area contributed by atoms with Crippen molar-refractivity contribution in [1.82, 2.24) is 10.2 Å². The number of nitrogens with one attached hydrogen (secondary N) is 1. The zero-order valence-electron chi connectivity index (χ0n) is 9.68. The van der Waals surface area contributed by atoms with Gasteiger partial charge in [-0.25, -0.2) is 0 Å². The molecule has 0 spiro atoms. The Morgan fingerprint density at radius 2 is 2.07 bits per heavy atom. The minimum absolute atomic E-state index is 0.539. The maximum Gasteiger partial charge on any atom is 0.00924 e. The molecule has 2 aliphatic rings. The number of hydrogen-bond donors (Lipinski definition) is 1. The largest absolute Gasteiger partial charge is 0.316 e. The Hall–Kier alpha value is -0.0800. The molecule has 1 atom stereocenters. The quantitative estimate of drug-likeness (QED) is 0.741. The van der Waals surface area contributed by atoms with E-state index >= 15 is 0 Å². The van der Waals surface area contributed by atoms with E-state index < -0.39 is 0 Å². The summed E-state index contributed by atoms with van der Waals surface area (Å²) < 4.78 is 0. The van der Waals surface area contributed by atoms with Gasteiger partial charge in [0.2, 0.25) is 0 Å². The Bertz CT molecular complexity index is 179. The van der Waals surface area contributed by atoms with Gasteiger partial charge in [0.15, 0.2) is 0 Å². The molecule has 2 heteroatoms. The van der Waals surface area contributed by atoms with Crippen LogP contribution in [-0.4, -0.2) is 37.6 Å². The summed E-state index contributed by atoms with van der Waals surface area (Å²) in [7, 11) is 2.32. The predicted molar refractivity (Wildman–Crippen MR) is 60.5 cm³/mol. The molecule has 2 fully saturated rings. The highest BCUT2D eigenvalue weighted by molar-refractivity contribution is 4.88. The van der Waals surface area contributed by atoms with Crippen molar-refractivity contribution in [3.63, 3.8) is 0 Å². The highest BCUT2D eigenvalue weighted by atomic mass is 15.1. The fraction of sp³-hybridized carbons (Fsp3) is 1.00. The molecular formula is C12H24N2. The van der Waals surface area contributed by atoms with Gasteiger partial charge in [-0.15, -0.1) is 0 Å². The van der Waals surface area contributed by atoms with Gasteiger partial charge in [0.05, 0.1) is 0 Å². The second kappa shape index (κ2) is 4.19. The molecule has 0 amide bonds. The highest BCUT2D eigenvalue weighted by Crippen LogP contribution is 2.29. The lowest BCUT2D eigenvalue weighted by Crippen LogP contribution is -2.39. The van der Waals surface area contributed by atoms with Crippen molar-refractivity contribution < 1.29 is 0 Å². The van der Waals surface area contributed by atoms with Crippen molar-refractivity contribution >= 4 is 0 Å². The number of nitrogens with zero attached hydrogens (tertiary/aromatic N) is 1. The fourth-order valence-corrected chi connectivity index (χ4v) is 3.08. The van der Waals surface area contributed by atoms with Crippen molar-refractivity contribution in [2.45, 2.75) is 45.1 Å². The molecule has 0 bridgehead atoms. The summed E-state index contributed by atoms with van der Waals surface area (Å²) in [5, 5.41) is 3.48. The molecule has 1 heterocycles. The maximum absolute atomic E-state index is 3.48. The van der Waals surface area contributed by atoms with Crippen molar-refractivity contribution in [3.05, 3.63) is 0 Å². The van der Waals surface area contributed by atoms with Gasteiger partial charge in [0.25, 0.3) is 0 Å². The third-order valence-electron chi connectivity index (χ3n) is 4.04. The summed E-state index contributed by atoms with van der Waals surface area (Å²) >= 11 is 0. The monoisotopic (exact) mass is 196 g/mol. The van der Waals surface area contributed by atoms with Crippen LogP contribution in [0.15, 0.2) is 0 Å². The Morgan fingerprint density at radius 1 is 1.36 bits per heavy atom. The summed E-state index contributed by atoms with van der Waals surface area (Å²) in [5.74, 6) is 0. The minimum atomic E-state index is 0.539. The van der Waals surface area contributed by atoms with Gasteiger partial charge in [0.1, 0.15) is 0 Å². The van der Waals surface area contributed by atoms with E-state index in [0.717, 1.165) is 6.04 Å². The van der Waals surface area contributed by atoms with Crippen molar-refractivity contribution in [2.75, 3.05) is 26.7 Å². The van der Waals surface area contributed by atoms with Gasteiger partial charge in [0, 0.05) is 19.1 Å². The first kappa shape index (κ1) is 10.4. The van der Waals surface area contributed by atoms with Gasteiger partial charge >= 0.3 is 0 Å². The van der Waals surface area contributed by atoms with E-state index in [9.17, 15) is 0 Å². The molecule has 0 radical (unpaired) electrons. The SMILES string of the molecule is CN(CC1(C)CCNC1)C1CCCC1. The zero-order chi connectivity index (χ0) is 10.0. The lowest BCUT2D eigenvalue weighted by Gasteiger charge is -2.33. The molecule has 1 unspecified atom stereocenters. The van der Waals surface area contributed by atoms with E-state index in [1.807, 2.05) is 0 Å². The van der Waals surface area contributed by atoms with Gasteiger partial charge in [-0.05, 0) is 38.3 Å². The van der Waals surface area contributed by atoms with Crippen molar-refractivity contribution in [1.29, 1.82) is 0 Å². The Labute approximate surface area is 88.1 Å². The Balaban J connectivity index is 1.83. The van der Waals surface area contributed by atoms with E-state index in [1.54, 1.807) is 0 Å². The third-order valence-corrected chi connectivity index (χ3v) is 4.04. The van der Waals surface area contributed by atoms with E-state index in [4.69, 9.17) is 0 Å². The molecule has 2 nitrogen and oxygen atoms in total.